The lowest BCUT2D eigenvalue weighted by Crippen LogP contribution is -2.23. The number of H-pyrrole nitrogens is 1. The van der Waals surface area contributed by atoms with Crippen LogP contribution in [0.5, 0.6) is 0 Å². The van der Waals surface area contributed by atoms with Crippen molar-refractivity contribution in [1.82, 2.24) is 14.9 Å². The zero-order valence-corrected chi connectivity index (χ0v) is 13.0. The minimum Gasteiger partial charge on any atom is -0.281 e. The number of thiophene rings is 1. The standard InChI is InChI=1S/C10H12BrN3O2S2/c1-6-10(7(2)14-13-6)18(15,16)12-5-8-3-4-9(11)17-8/h3-4,12H,5H2,1-2H3,(H,13,14). The molecule has 8 heteroatoms. The van der Waals surface area contributed by atoms with Crippen LogP contribution in [0.15, 0.2) is 20.8 Å². The smallest absolute Gasteiger partial charge is 0.244 e. The lowest BCUT2D eigenvalue weighted by Gasteiger charge is -2.05. The SMILES string of the molecule is Cc1n[nH]c(C)c1S(=O)(=O)NCc1ccc(Br)s1. The van der Waals surface area contributed by atoms with Crippen LogP contribution in [0.1, 0.15) is 16.3 Å². The first-order valence-corrected chi connectivity index (χ1v) is 8.25. The summed E-state index contributed by atoms with van der Waals surface area (Å²) in [7, 11) is -3.52. The van der Waals surface area contributed by atoms with E-state index < -0.39 is 10.0 Å². The van der Waals surface area contributed by atoms with Crippen LogP contribution in [0, 0.1) is 13.8 Å². The number of aromatic nitrogens is 2. The molecule has 0 saturated heterocycles. The van der Waals surface area contributed by atoms with Crippen LogP contribution in [-0.2, 0) is 16.6 Å². The Morgan fingerprint density at radius 2 is 2.17 bits per heavy atom. The second-order valence-electron chi connectivity index (χ2n) is 3.79. The van der Waals surface area contributed by atoms with Gasteiger partial charge in [0.15, 0.2) is 0 Å². The Kier molecular flexibility index (Phi) is 3.90. The molecule has 0 atom stereocenters. The van der Waals surface area contributed by atoms with Crippen LogP contribution >= 0.6 is 27.3 Å². The molecule has 2 heterocycles. The molecule has 2 N–H and O–H groups in total. The monoisotopic (exact) mass is 349 g/mol. The Balaban J connectivity index is 2.18. The predicted octanol–water partition coefficient (Wildman–Crippen LogP) is 2.33. The summed E-state index contributed by atoms with van der Waals surface area (Å²) >= 11 is 4.84. The number of hydrogen-bond donors (Lipinski definition) is 2. The van der Waals surface area contributed by atoms with Gasteiger partial charge in [-0.15, -0.1) is 11.3 Å². The van der Waals surface area contributed by atoms with Crippen molar-refractivity contribution in [3.8, 4) is 0 Å². The van der Waals surface area contributed by atoms with Gasteiger partial charge in [0.05, 0.1) is 15.2 Å². The number of aromatic amines is 1. The second kappa shape index (κ2) is 5.12. The van der Waals surface area contributed by atoms with E-state index in [1.165, 1.54) is 11.3 Å². The molecule has 0 aliphatic carbocycles. The highest BCUT2D eigenvalue weighted by Crippen LogP contribution is 2.23. The van der Waals surface area contributed by atoms with Crippen molar-refractivity contribution in [3.05, 3.63) is 32.2 Å². The van der Waals surface area contributed by atoms with Gasteiger partial charge < -0.3 is 0 Å². The minimum absolute atomic E-state index is 0.234. The third-order valence-corrected chi connectivity index (χ3v) is 5.68. The Labute approximate surface area is 118 Å². The number of nitrogens with one attached hydrogen (secondary N) is 2. The molecular weight excluding hydrogens is 338 g/mol. The number of rotatable bonds is 4. The van der Waals surface area contributed by atoms with E-state index in [0.717, 1.165) is 8.66 Å². The van der Waals surface area contributed by atoms with E-state index >= 15 is 0 Å². The van der Waals surface area contributed by atoms with E-state index in [-0.39, 0.29) is 11.4 Å². The second-order valence-corrected chi connectivity index (χ2v) is 8.04. The van der Waals surface area contributed by atoms with Gasteiger partial charge in [0.25, 0.3) is 0 Å². The fraction of sp³-hybridized carbons (Fsp3) is 0.300. The van der Waals surface area contributed by atoms with E-state index in [2.05, 4.69) is 30.8 Å². The summed E-state index contributed by atoms with van der Waals surface area (Å²) in [6.45, 7) is 3.64. The van der Waals surface area contributed by atoms with Gasteiger partial charge in [-0.3, -0.25) is 5.10 Å². The van der Waals surface area contributed by atoms with Crippen LogP contribution in [0.2, 0.25) is 0 Å². The topological polar surface area (TPSA) is 74.8 Å². The molecule has 2 aromatic rings. The molecule has 18 heavy (non-hydrogen) atoms. The largest absolute Gasteiger partial charge is 0.281 e. The molecule has 2 aromatic heterocycles. The lowest BCUT2D eigenvalue weighted by molar-refractivity contribution is 0.580. The summed E-state index contributed by atoms with van der Waals surface area (Å²) in [5.41, 5.74) is 1.03. The van der Waals surface area contributed by atoms with Crippen LogP contribution in [0.3, 0.4) is 0 Å². The Bertz CT molecular complexity index is 641. The van der Waals surface area contributed by atoms with Gasteiger partial charge in [-0.1, -0.05) is 0 Å². The highest BCUT2D eigenvalue weighted by molar-refractivity contribution is 9.11. The zero-order valence-electron chi connectivity index (χ0n) is 9.82. The van der Waals surface area contributed by atoms with Crippen LogP contribution in [0.25, 0.3) is 0 Å². The number of aryl methyl sites for hydroxylation is 2. The van der Waals surface area contributed by atoms with Crippen LogP contribution in [-0.4, -0.2) is 18.6 Å². The third-order valence-electron chi connectivity index (χ3n) is 2.39. The van der Waals surface area contributed by atoms with Gasteiger partial charge in [0.2, 0.25) is 10.0 Å². The maximum atomic E-state index is 12.1. The molecule has 0 fully saturated rings. The van der Waals surface area contributed by atoms with Gasteiger partial charge in [-0.2, -0.15) is 5.10 Å². The highest BCUT2D eigenvalue weighted by Gasteiger charge is 2.21. The molecule has 98 valence electrons. The lowest BCUT2D eigenvalue weighted by atomic mass is 10.4. The fourth-order valence-electron chi connectivity index (χ4n) is 1.62. The van der Waals surface area contributed by atoms with E-state index in [9.17, 15) is 8.42 Å². The van der Waals surface area contributed by atoms with Crippen molar-refractivity contribution in [2.24, 2.45) is 0 Å². The minimum atomic E-state index is -3.52. The summed E-state index contributed by atoms with van der Waals surface area (Å²) < 4.78 is 27.8. The van der Waals surface area contributed by atoms with E-state index in [1.807, 2.05) is 12.1 Å². The number of sulfonamides is 1. The normalized spacial score (nSPS) is 11.9. The molecule has 0 radical (unpaired) electrons. The van der Waals surface area contributed by atoms with Gasteiger partial charge in [-0.05, 0) is 41.9 Å². The number of nitrogens with zero attached hydrogens (tertiary/aromatic N) is 1. The van der Waals surface area contributed by atoms with Crippen molar-refractivity contribution in [2.45, 2.75) is 25.3 Å². The molecule has 0 aliphatic rings. The summed E-state index contributed by atoms with van der Waals surface area (Å²) in [6.07, 6.45) is 0. The molecule has 0 saturated carbocycles. The Morgan fingerprint density at radius 3 is 2.67 bits per heavy atom. The summed E-state index contributed by atoms with van der Waals surface area (Å²) in [6, 6.07) is 3.77. The summed E-state index contributed by atoms with van der Waals surface area (Å²) in [4.78, 5) is 1.18. The molecule has 0 amide bonds. The molecule has 5 nitrogen and oxygen atoms in total. The van der Waals surface area contributed by atoms with Gasteiger partial charge >= 0.3 is 0 Å². The Hall–Kier alpha value is -0.700. The van der Waals surface area contributed by atoms with Crippen LogP contribution < -0.4 is 4.72 Å². The number of hydrogen-bond acceptors (Lipinski definition) is 4. The highest BCUT2D eigenvalue weighted by atomic mass is 79.9. The zero-order chi connectivity index (χ0) is 13.3. The first kappa shape index (κ1) is 13.7. The van der Waals surface area contributed by atoms with E-state index in [0.29, 0.717) is 11.4 Å². The molecular formula is C10H12BrN3O2S2. The van der Waals surface area contributed by atoms with E-state index in [1.54, 1.807) is 13.8 Å². The third kappa shape index (κ3) is 2.82. The molecule has 0 spiro atoms. The summed E-state index contributed by atoms with van der Waals surface area (Å²) in [5.74, 6) is 0. The van der Waals surface area contributed by atoms with Crippen molar-refractivity contribution in [3.63, 3.8) is 0 Å². The Morgan fingerprint density at radius 1 is 1.44 bits per heavy atom. The molecule has 0 aromatic carbocycles. The van der Waals surface area contributed by atoms with Crippen molar-refractivity contribution < 1.29 is 8.42 Å². The average molecular weight is 350 g/mol. The first-order chi connectivity index (χ1) is 8.40. The molecule has 0 bridgehead atoms. The molecule has 2 rings (SSSR count). The van der Waals surface area contributed by atoms with Gasteiger partial charge in [-0.25, -0.2) is 13.1 Å². The molecule has 0 aliphatic heterocycles. The predicted molar refractivity (Wildman–Crippen MR) is 74.1 cm³/mol. The fourth-order valence-corrected chi connectivity index (χ4v) is 4.51. The van der Waals surface area contributed by atoms with E-state index in [4.69, 9.17) is 0 Å². The summed E-state index contributed by atoms with van der Waals surface area (Å²) in [5, 5.41) is 6.56. The van der Waals surface area contributed by atoms with Gasteiger partial charge in [0.1, 0.15) is 4.90 Å². The van der Waals surface area contributed by atoms with Crippen molar-refractivity contribution in [1.29, 1.82) is 0 Å². The first-order valence-electron chi connectivity index (χ1n) is 5.15. The van der Waals surface area contributed by atoms with Crippen molar-refractivity contribution >= 4 is 37.3 Å². The molecule has 0 unspecified atom stereocenters. The van der Waals surface area contributed by atoms with Gasteiger partial charge in [0, 0.05) is 11.4 Å². The quantitative estimate of drug-likeness (QED) is 0.889. The maximum absolute atomic E-state index is 12.1. The van der Waals surface area contributed by atoms with Crippen molar-refractivity contribution in [2.75, 3.05) is 0 Å². The van der Waals surface area contributed by atoms with Crippen LogP contribution in [0.4, 0.5) is 0 Å². The maximum Gasteiger partial charge on any atom is 0.244 e. The average Bonchev–Trinajstić information content (AvgIpc) is 2.83. The number of halogens is 1.